The molecule has 128 valence electrons. The zero-order valence-electron chi connectivity index (χ0n) is 14.1. The van der Waals surface area contributed by atoms with Crippen LogP contribution in [-0.4, -0.2) is 10.6 Å². The average Bonchev–Trinajstić information content (AvgIpc) is 2.87. The SMILES string of the molecule is C=CCn1c(=O)oc2cc(NC(=O)Nc3cccc(C)c3C)ccc21. The Bertz CT molecular complexity index is 1010. The van der Waals surface area contributed by atoms with Crippen LogP contribution in [0, 0.1) is 13.8 Å². The molecule has 0 radical (unpaired) electrons. The second-order valence-corrected chi connectivity index (χ2v) is 5.78. The van der Waals surface area contributed by atoms with Crippen molar-refractivity contribution in [2.75, 3.05) is 10.6 Å². The van der Waals surface area contributed by atoms with Crippen LogP contribution in [0.1, 0.15) is 11.1 Å². The van der Waals surface area contributed by atoms with Crippen LogP contribution >= 0.6 is 0 Å². The van der Waals surface area contributed by atoms with E-state index in [9.17, 15) is 9.59 Å². The molecule has 3 aromatic rings. The summed E-state index contributed by atoms with van der Waals surface area (Å²) in [6, 6.07) is 10.4. The Balaban J connectivity index is 1.80. The predicted molar refractivity (Wildman–Crippen MR) is 99.2 cm³/mol. The Morgan fingerprint density at radius 1 is 1.24 bits per heavy atom. The summed E-state index contributed by atoms with van der Waals surface area (Å²) in [5.74, 6) is -0.452. The number of amides is 2. The molecule has 2 amide bonds. The molecule has 0 aliphatic carbocycles. The van der Waals surface area contributed by atoms with Gasteiger partial charge >= 0.3 is 11.8 Å². The Morgan fingerprint density at radius 3 is 2.80 bits per heavy atom. The van der Waals surface area contributed by atoms with Crippen LogP contribution in [0.25, 0.3) is 11.1 Å². The van der Waals surface area contributed by atoms with Crippen molar-refractivity contribution < 1.29 is 9.21 Å². The molecule has 6 nitrogen and oxygen atoms in total. The van der Waals surface area contributed by atoms with Crippen LogP contribution in [0.2, 0.25) is 0 Å². The second-order valence-electron chi connectivity index (χ2n) is 5.78. The maximum absolute atomic E-state index is 12.2. The summed E-state index contributed by atoms with van der Waals surface area (Å²) in [4.78, 5) is 24.0. The van der Waals surface area contributed by atoms with Gasteiger partial charge in [-0.2, -0.15) is 0 Å². The van der Waals surface area contributed by atoms with E-state index in [0.29, 0.717) is 23.3 Å². The van der Waals surface area contributed by atoms with E-state index >= 15 is 0 Å². The number of fused-ring (bicyclic) bond motifs is 1. The first-order chi connectivity index (χ1) is 12.0. The van der Waals surface area contributed by atoms with Gasteiger partial charge in [-0.05, 0) is 43.2 Å². The molecule has 0 aliphatic rings. The van der Waals surface area contributed by atoms with Crippen LogP contribution in [0.3, 0.4) is 0 Å². The molecule has 0 atom stereocenters. The number of carbonyl (C=O) groups excluding carboxylic acids is 1. The minimum atomic E-state index is -0.452. The number of oxazole rings is 1. The van der Waals surface area contributed by atoms with Crippen molar-refractivity contribution in [2.45, 2.75) is 20.4 Å². The number of anilines is 2. The number of carbonyl (C=O) groups is 1. The van der Waals surface area contributed by atoms with Crippen molar-refractivity contribution in [1.29, 1.82) is 0 Å². The number of aryl methyl sites for hydroxylation is 1. The average molecular weight is 337 g/mol. The summed E-state index contributed by atoms with van der Waals surface area (Å²) >= 11 is 0. The molecule has 3 rings (SSSR count). The maximum atomic E-state index is 12.2. The van der Waals surface area contributed by atoms with E-state index in [4.69, 9.17) is 4.42 Å². The third kappa shape index (κ3) is 3.33. The van der Waals surface area contributed by atoms with Crippen molar-refractivity contribution in [3.63, 3.8) is 0 Å². The van der Waals surface area contributed by atoms with Crippen molar-refractivity contribution >= 4 is 28.5 Å². The number of benzene rings is 2. The van der Waals surface area contributed by atoms with E-state index in [1.54, 1.807) is 24.3 Å². The van der Waals surface area contributed by atoms with Gasteiger partial charge in [0, 0.05) is 24.0 Å². The summed E-state index contributed by atoms with van der Waals surface area (Å²) in [5.41, 5.74) is 4.48. The normalized spacial score (nSPS) is 10.6. The zero-order valence-corrected chi connectivity index (χ0v) is 14.1. The molecule has 2 N–H and O–H groups in total. The quantitative estimate of drug-likeness (QED) is 0.705. The van der Waals surface area contributed by atoms with Crippen LogP contribution < -0.4 is 16.4 Å². The minimum absolute atomic E-state index is 0.360. The standard InChI is InChI=1S/C19H19N3O3/c1-4-10-22-16-9-8-14(11-17(16)25-19(22)24)20-18(23)21-15-7-5-6-12(2)13(15)3/h4-9,11H,1,10H2,2-3H3,(H2,20,21,23). The summed E-state index contributed by atoms with van der Waals surface area (Å²) < 4.78 is 6.69. The summed E-state index contributed by atoms with van der Waals surface area (Å²) in [6.07, 6.45) is 1.63. The van der Waals surface area contributed by atoms with Gasteiger partial charge in [-0.3, -0.25) is 4.57 Å². The lowest BCUT2D eigenvalue weighted by atomic mass is 10.1. The lowest BCUT2D eigenvalue weighted by Gasteiger charge is -2.11. The highest BCUT2D eigenvalue weighted by molar-refractivity contribution is 6.01. The van der Waals surface area contributed by atoms with Gasteiger partial charge in [0.05, 0.1) is 5.52 Å². The molecule has 2 aromatic carbocycles. The number of aromatic nitrogens is 1. The first kappa shape index (κ1) is 16.6. The Morgan fingerprint density at radius 2 is 2.04 bits per heavy atom. The molecule has 6 heteroatoms. The number of nitrogens with zero attached hydrogens (tertiary/aromatic N) is 1. The topological polar surface area (TPSA) is 76.3 Å². The maximum Gasteiger partial charge on any atom is 0.420 e. The number of urea groups is 1. The lowest BCUT2D eigenvalue weighted by Crippen LogP contribution is -2.20. The molecule has 0 saturated carbocycles. The fraction of sp³-hybridized carbons (Fsp3) is 0.158. The lowest BCUT2D eigenvalue weighted by molar-refractivity contribution is 0.262. The van der Waals surface area contributed by atoms with Gasteiger partial charge in [-0.1, -0.05) is 18.2 Å². The molecular formula is C19H19N3O3. The summed E-state index contributed by atoms with van der Waals surface area (Å²) in [7, 11) is 0. The van der Waals surface area contributed by atoms with Gasteiger partial charge in [-0.25, -0.2) is 9.59 Å². The molecule has 0 spiro atoms. The van der Waals surface area contributed by atoms with E-state index < -0.39 is 5.76 Å². The first-order valence-corrected chi connectivity index (χ1v) is 7.88. The van der Waals surface area contributed by atoms with Gasteiger partial charge in [0.15, 0.2) is 5.58 Å². The monoisotopic (exact) mass is 337 g/mol. The highest BCUT2D eigenvalue weighted by Gasteiger charge is 2.11. The molecular weight excluding hydrogens is 318 g/mol. The Kier molecular flexibility index (Phi) is 4.43. The third-order valence-corrected chi connectivity index (χ3v) is 4.09. The first-order valence-electron chi connectivity index (χ1n) is 7.88. The van der Waals surface area contributed by atoms with Gasteiger partial charge in [0.1, 0.15) is 0 Å². The van der Waals surface area contributed by atoms with Crippen LogP contribution in [0.4, 0.5) is 16.2 Å². The fourth-order valence-electron chi connectivity index (χ4n) is 2.62. The van der Waals surface area contributed by atoms with Crippen molar-refractivity contribution in [2.24, 2.45) is 0 Å². The van der Waals surface area contributed by atoms with Gasteiger partial charge in [0.2, 0.25) is 0 Å². The molecule has 0 unspecified atom stereocenters. The third-order valence-electron chi connectivity index (χ3n) is 4.09. The van der Waals surface area contributed by atoms with Crippen LogP contribution in [0.15, 0.2) is 58.3 Å². The second kappa shape index (κ2) is 6.68. The molecule has 0 bridgehead atoms. The van der Waals surface area contributed by atoms with E-state index in [2.05, 4.69) is 17.2 Å². The zero-order chi connectivity index (χ0) is 18.0. The summed E-state index contributed by atoms with van der Waals surface area (Å²) in [5, 5.41) is 5.57. The predicted octanol–water partition coefficient (Wildman–Crippen LogP) is 4.04. The molecule has 25 heavy (non-hydrogen) atoms. The van der Waals surface area contributed by atoms with Gasteiger partial charge < -0.3 is 15.1 Å². The van der Waals surface area contributed by atoms with Crippen molar-refractivity contribution in [3.8, 4) is 0 Å². The largest absolute Gasteiger partial charge is 0.420 e. The molecule has 0 aliphatic heterocycles. The number of allylic oxidation sites excluding steroid dienone is 1. The number of hydrogen-bond donors (Lipinski definition) is 2. The van der Waals surface area contributed by atoms with Crippen LogP contribution in [-0.2, 0) is 6.54 Å². The molecule has 1 heterocycles. The van der Waals surface area contributed by atoms with Gasteiger partial charge in [0.25, 0.3) is 0 Å². The molecule has 0 saturated heterocycles. The smallest absolute Gasteiger partial charge is 0.408 e. The number of rotatable bonds is 4. The molecule has 0 fully saturated rings. The number of hydrogen-bond acceptors (Lipinski definition) is 3. The highest BCUT2D eigenvalue weighted by atomic mass is 16.4. The van der Waals surface area contributed by atoms with E-state index in [1.165, 1.54) is 4.57 Å². The molecule has 1 aromatic heterocycles. The summed E-state index contributed by atoms with van der Waals surface area (Å²) in [6.45, 7) is 7.93. The van der Waals surface area contributed by atoms with E-state index in [-0.39, 0.29) is 6.03 Å². The number of nitrogens with one attached hydrogen (secondary N) is 2. The van der Waals surface area contributed by atoms with Crippen molar-refractivity contribution in [1.82, 2.24) is 4.57 Å². The van der Waals surface area contributed by atoms with Crippen molar-refractivity contribution in [3.05, 3.63) is 70.7 Å². The highest BCUT2D eigenvalue weighted by Crippen LogP contribution is 2.20. The Hall–Kier alpha value is -3.28. The van der Waals surface area contributed by atoms with E-state index in [0.717, 1.165) is 16.8 Å². The fourth-order valence-corrected chi connectivity index (χ4v) is 2.62. The van der Waals surface area contributed by atoms with E-state index in [1.807, 2.05) is 32.0 Å². The van der Waals surface area contributed by atoms with Crippen LogP contribution in [0.5, 0.6) is 0 Å². The minimum Gasteiger partial charge on any atom is -0.408 e. The van der Waals surface area contributed by atoms with Gasteiger partial charge in [-0.15, -0.1) is 6.58 Å². The Labute approximate surface area is 144 Å².